The lowest BCUT2D eigenvalue weighted by atomic mass is 10.2. The van der Waals surface area contributed by atoms with E-state index in [0.29, 0.717) is 16.9 Å². The van der Waals surface area contributed by atoms with Crippen molar-refractivity contribution in [2.75, 3.05) is 16.0 Å². The van der Waals surface area contributed by atoms with Gasteiger partial charge in [0.05, 0.1) is 0 Å². The standard InChI is InChI=1S/C21H19N3O3/c1-14-13-18(25)11-12-19(14)24-21(27)20(26)23-17-9-7-16(8-10-17)22-15-5-3-2-4-6-15/h2-13,22,25H,1H3,(H,23,26)(H,24,27). The van der Waals surface area contributed by atoms with Crippen molar-refractivity contribution < 1.29 is 14.7 Å². The Kier molecular flexibility index (Phi) is 5.37. The van der Waals surface area contributed by atoms with Crippen LogP contribution in [-0.4, -0.2) is 16.9 Å². The van der Waals surface area contributed by atoms with Gasteiger partial charge in [0.1, 0.15) is 5.75 Å². The summed E-state index contributed by atoms with van der Waals surface area (Å²) in [5.41, 5.74) is 3.46. The number of para-hydroxylation sites is 1. The maximum absolute atomic E-state index is 12.1. The number of hydrogen-bond acceptors (Lipinski definition) is 4. The average molecular weight is 361 g/mol. The van der Waals surface area contributed by atoms with Crippen LogP contribution in [-0.2, 0) is 9.59 Å². The highest BCUT2D eigenvalue weighted by Gasteiger charge is 2.15. The van der Waals surface area contributed by atoms with Crippen molar-refractivity contribution >= 4 is 34.6 Å². The maximum Gasteiger partial charge on any atom is 0.314 e. The van der Waals surface area contributed by atoms with Crippen molar-refractivity contribution in [2.45, 2.75) is 6.92 Å². The average Bonchev–Trinajstić information content (AvgIpc) is 2.66. The highest BCUT2D eigenvalue weighted by atomic mass is 16.3. The summed E-state index contributed by atoms with van der Waals surface area (Å²) in [6.45, 7) is 1.73. The fourth-order valence-corrected chi connectivity index (χ4v) is 2.48. The number of benzene rings is 3. The van der Waals surface area contributed by atoms with Gasteiger partial charge in [-0.15, -0.1) is 0 Å². The summed E-state index contributed by atoms with van der Waals surface area (Å²) in [7, 11) is 0. The van der Waals surface area contributed by atoms with E-state index in [9.17, 15) is 14.7 Å². The van der Waals surface area contributed by atoms with E-state index >= 15 is 0 Å². The maximum atomic E-state index is 12.1. The van der Waals surface area contributed by atoms with Crippen LogP contribution in [0.1, 0.15) is 5.56 Å². The highest BCUT2D eigenvalue weighted by molar-refractivity contribution is 6.43. The van der Waals surface area contributed by atoms with Crippen LogP contribution >= 0.6 is 0 Å². The van der Waals surface area contributed by atoms with E-state index in [2.05, 4.69) is 16.0 Å². The number of hydrogen-bond donors (Lipinski definition) is 4. The first kappa shape index (κ1) is 18.0. The van der Waals surface area contributed by atoms with Gasteiger partial charge in [-0.25, -0.2) is 0 Å². The Labute approximate surface area is 156 Å². The van der Waals surface area contributed by atoms with E-state index in [4.69, 9.17) is 0 Å². The molecule has 0 fully saturated rings. The molecule has 0 saturated carbocycles. The summed E-state index contributed by atoms with van der Waals surface area (Å²) in [4.78, 5) is 24.1. The van der Waals surface area contributed by atoms with Crippen molar-refractivity contribution in [1.29, 1.82) is 0 Å². The number of carbonyl (C=O) groups excluding carboxylic acids is 2. The first-order valence-corrected chi connectivity index (χ1v) is 8.35. The third-order valence-electron chi connectivity index (χ3n) is 3.87. The molecule has 0 aliphatic rings. The van der Waals surface area contributed by atoms with Crippen LogP contribution in [0.15, 0.2) is 72.8 Å². The van der Waals surface area contributed by atoms with E-state index in [1.165, 1.54) is 12.1 Å². The molecule has 0 radical (unpaired) electrons. The van der Waals surface area contributed by atoms with Gasteiger partial charge in [0.2, 0.25) is 0 Å². The van der Waals surface area contributed by atoms with Crippen LogP contribution in [0.25, 0.3) is 0 Å². The molecular formula is C21H19N3O3. The Morgan fingerprint density at radius 2 is 1.33 bits per heavy atom. The fourth-order valence-electron chi connectivity index (χ4n) is 2.48. The van der Waals surface area contributed by atoms with Crippen LogP contribution < -0.4 is 16.0 Å². The second-order valence-electron chi connectivity index (χ2n) is 5.98. The Hall–Kier alpha value is -3.80. The number of anilines is 4. The van der Waals surface area contributed by atoms with Crippen molar-refractivity contribution in [2.24, 2.45) is 0 Å². The molecule has 6 nitrogen and oxygen atoms in total. The molecule has 0 atom stereocenters. The molecular weight excluding hydrogens is 342 g/mol. The lowest BCUT2D eigenvalue weighted by molar-refractivity contribution is -0.133. The molecule has 3 aromatic rings. The van der Waals surface area contributed by atoms with Gasteiger partial charge >= 0.3 is 11.8 Å². The highest BCUT2D eigenvalue weighted by Crippen LogP contribution is 2.21. The lowest BCUT2D eigenvalue weighted by Crippen LogP contribution is -2.29. The first-order valence-electron chi connectivity index (χ1n) is 8.35. The molecule has 27 heavy (non-hydrogen) atoms. The van der Waals surface area contributed by atoms with Gasteiger partial charge in [-0.3, -0.25) is 9.59 Å². The van der Waals surface area contributed by atoms with Gasteiger partial charge in [0, 0.05) is 22.7 Å². The van der Waals surface area contributed by atoms with Gasteiger partial charge in [0.25, 0.3) is 0 Å². The SMILES string of the molecule is Cc1cc(O)ccc1NC(=O)C(=O)Nc1ccc(Nc2ccccc2)cc1. The van der Waals surface area contributed by atoms with Crippen LogP contribution in [0.5, 0.6) is 5.75 Å². The molecule has 4 N–H and O–H groups in total. The van der Waals surface area contributed by atoms with Gasteiger partial charge in [-0.2, -0.15) is 0 Å². The predicted octanol–water partition coefficient (Wildman–Crippen LogP) is 4.02. The van der Waals surface area contributed by atoms with Gasteiger partial charge in [-0.05, 0) is 67.1 Å². The molecule has 0 bridgehead atoms. The minimum absolute atomic E-state index is 0.0964. The number of phenolic OH excluding ortho intramolecular Hbond substituents is 1. The summed E-state index contributed by atoms with van der Waals surface area (Å²) >= 11 is 0. The van der Waals surface area contributed by atoms with Crippen LogP contribution in [0.3, 0.4) is 0 Å². The number of amides is 2. The lowest BCUT2D eigenvalue weighted by Gasteiger charge is -2.10. The molecule has 0 saturated heterocycles. The second kappa shape index (κ2) is 8.05. The molecule has 3 rings (SSSR count). The minimum atomic E-state index is -0.782. The first-order chi connectivity index (χ1) is 13.0. The Bertz CT molecular complexity index is 954. The zero-order valence-corrected chi connectivity index (χ0v) is 14.7. The summed E-state index contributed by atoms with van der Waals surface area (Å²) < 4.78 is 0. The molecule has 6 heteroatoms. The third kappa shape index (κ3) is 4.85. The molecule has 0 heterocycles. The zero-order chi connectivity index (χ0) is 19.2. The third-order valence-corrected chi connectivity index (χ3v) is 3.87. The van der Waals surface area contributed by atoms with E-state index in [-0.39, 0.29) is 5.75 Å². The Morgan fingerprint density at radius 3 is 2.00 bits per heavy atom. The summed E-state index contributed by atoms with van der Waals surface area (Å²) in [6.07, 6.45) is 0. The van der Waals surface area contributed by atoms with E-state index in [0.717, 1.165) is 11.4 Å². The number of phenols is 1. The minimum Gasteiger partial charge on any atom is -0.508 e. The summed E-state index contributed by atoms with van der Waals surface area (Å²) in [6, 6.07) is 21.2. The molecule has 136 valence electrons. The van der Waals surface area contributed by atoms with E-state index in [1.54, 1.807) is 25.1 Å². The number of rotatable bonds is 4. The largest absolute Gasteiger partial charge is 0.508 e. The van der Waals surface area contributed by atoms with Crippen molar-refractivity contribution in [3.05, 3.63) is 78.4 Å². The quantitative estimate of drug-likeness (QED) is 0.417. The summed E-state index contributed by atoms with van der Waals surface area (Å²) in [5.74, 6) is -1.46. The zero-order valence-electron chi connectivity index (χ0n) is 14.7. The van der Waals surface area contributed by atoms with Crippen molar-refractivity contribution in [3.63, 3.8) is 0 Å². The summed E-state index contributed by atoms with van der Waals surface area (Å²) in [5, 5.41) is 17.7. The van der Waals surface area contributed by atoms with E-state index in [1.807, 2.05) is 42.5 Å². The van der Waals surface area contributed by atoms with Crippen LogP contribution in [0, 0.1) is 6.92 Å². The molecule has 2 amide bonds. The fraction of sp³-hybridized carbons (Fsp3) is 0.0476. The van der Waals surface area contributed by atoms with Crippen molar-refractivity contribution in [1.82, 2.24) is 0 Å². The monoisotopic (exact) mass is 361 g/mol. The normalized spacial score (nSPS) is 10.1. The molecule has 3 aromatic carbocycles. The van der Waals surface area contributed by atoms with E-state index < -0.39 is 11.8 Å². The Morgan fingerprint density at radius 1 is 0.741 bits per heavy atom. The molecule has 0 aliphatic carbocycles. The number of aryl methyl sites for hydroxylation is 1. The number of aromatic hydroxyl groups is 1. The second-order valence-corrected chi connectivity index (χ2v) is 5.98. The predicted molar refractivity (Wildman–Crippen MR) is 106 cm³/mol. The van der Waals surface area contributed by atoms with Crippen molar-refractivity contribution in [3.8, 4) is 5.75 Å². The number of carbonyl (C=O) groups is 2. The van der Waals surface area contributed by atoms with Gasteiger partial charge in [-0.1, -0.05) is 18.2 Å². The topological polar surface area (TPSA) is 90.5 Å². The molecule has 0 unspecified atom stereocenters. The van der Waals surface area contributed by atoms with Gasteiger partial charge in [0.15, 0.2) is 0 Å². The molecule has 0 aliphatic heterocycles. The molecule has 0 spiro atoms. The molecule has 0 aromatic heterocycles. The number of nitrogens with one attached hydrogen (secondary N) is 3. The smallest absolute Gasteiger partial charge is 0.314 e. The van der Waals surface area contributed by atoms with Gasteiger partial charge < -0.3 is 21.1 Å². The Balaban J connectivity index is 1.59. The van der Waals surface area contributed by atoms with Crippen LogP contribution in [0.2, 0.25) is 0 Å². The van der Waals surface area contributed by atoms with Crippen LogP contribution in [0.4, 0.5) is 22.7 Å².